The molecule has 6 heteroatoms. The SMILES string of the molecule is CC(C)N(Cc1cccc(N)c1)C(=O)c1cc(Br)sc1Br. The van der Waals surface area contributed by atoms with Crippen LogP contribution in [0.15, 0.2) is 37.9 Å². The number of halogens is 2. The number of rotatable bonds is 4. The van der Waals surface area contributed by atoms with Crippen LogP contribution in [0.5, 0.6) is 0 Å². The van der Waals surface area contributed by atoms with E-state index in [1.165, 1.54) is 11.3 Å². The maximum atomic E-state index is 12.8. The first kappa shape index (κ1) is 16.5. The summed E-state index contributed by atoms with van der Waals surface area (Å²) in [6.45, 7) is 4.57. The van der Waals surface area contributed by atoms with E-state index < -0.39 is 0 Å². The third-order valence-corrected chi connectivity index (χ3v) is 5.41. The van der Waals surface area contributed by atoms with Gasteiger partial charge in [0, 0.05) is 18.3 Å². The van der Waals surface area contributed by atoms with Gasteiger partial charge in [-0.1, -0.05) is 12.1 Å². The molecule has 1 amide bonds. The summed E-state index contributed by atoms with van der Waals surface area (Å²) in [5.41, 5.74) is 8.24. The average Bonchev–Trinajstić information content (AvgIpc) is 2.74. The minimum Gasteiger partial charge on any atom is -0.399 e. The first-order valence-electron chi connectivity index (χ1n) is 6.48. The van der Waals surface area contributed by atoms with Gasteiger partial charge in [-0.05, 0) is 69.5 Å². The monoisotopic (exact) mass is 430 g/mol. The Morgan fingerprint density at radius 3 is 2.57 bits per heavy atom. The second-order valence-electron chi connectivity index (χ2n) is 5.01. The van der Waals surface area contributed by atoms with Crippen LogP contribution in [0.25, 0.3) is 0 Å². The van der Waals surface area contributed by atoms with E-state index in [-0.39, 0.29) is 11.9 Å². The number of hydrogen-bond acceptors (Lipinski definition) is 3. The minimum atomic E-state index is 0.0150. The molecule has 3 nitrogen and oxygen atoms in total. The summed E-state index contributed by atoms with van der Waals surface area (Å²) < 4.78 is 1.78. The van der Waals surface area contributed by atoms with Crippen molar-refractivity contribution in [2.24, 2.45) is 0 Å². The van der Waals surface area contributed by atoms with Crippen molar-refractivity contribution in [1.29, 1.82) is 0 Å². The number of carbonyl (C=O) groups excluding carboxylic acids is 1. The van der Waals surface area contributed by atoms with Gasteiger partial charge < -0.3 is 10.6 Å². The lowest BCUT2D eigenvalue weighted by Gasteiger charge is -2.27. The number of nitrogen functional groups attached to an aromatic ring is 1. The van der Waals surface area contributed by atoms with Gasteiger partial charge in [-0.2, -0.15) is 0 Å². The molecule has 0 spiro atoms. The van der Waals surface area contributed by atoms with Crippen molar-refractivity contribution in [2.75, 3.05) is 5.73 Å². The predicted molar refractivity (Wildman–Crippen MR) is 95.6 cm³/mol. The molecular weight excluding hydrogens is 416 g/mol. The van der Waals surface area contributed by atoms with Gasteiger partial charge in [0.2, 0.25) is 0 Å². The topological polar surface area (TPSA) is 46.3 Å². The fourth-order valence-electron chi connectivity index (χ4n) is 2.02. The van der Waals surface area contributed by atoms with Crippen molar-refractivity contribution in [3.63, 3.8) is 0 Å². The average molecular weight is 432 g/mol. The van der Waals surface area contributed by atoms with Gasteiger partial charge in [0.15, 0.2) is 0 Å². The molecule has 0 atom stereocenters. The van der Waals surface area contributed by atoms with Crippen LogP contribution in [0.4, 0.5) is 5.69 Å². The molecule has 112 valence electrons. The minimum absolute atomic E-state index is 0.0150. The Bertz CT molecular complexity index is 655. The molecule has 21 heavy (non-hydrogen) atoms. The van der Waals surface area contributed by atoms with Crippen LogP contribution in [0.1, 0.15) is 29.8 Å². The zero-order chi connectivity index (χ0) is 15.6. The van der Waals surface area contributed by atoms with E-state index in [0.717, 1.165) is 13.1 Å². The summed E-state index contributed by atoms with van der Waals surface area (Å²) in [6, 6.07) is 9.59. The van der Waals surface area contributed by atoms with Crippen LogP contribution in [0, 0.1) is 0 Å². The molecule has 0 aliphatic rings. The summed E-state index contributed by atoms with van der Waals surface area (Å²) in [4.78, 5) is 14.6. The van der Waals surface area contributed by atoms with Crippen LogP contribution in [0.2, 0.25) is 0 Å². The predicted octanol–water partition coefficient (Wildman–Crippen LogP) is 4.91. The highest BCUT2D eigenvalue weighted by molar-refractivity contribution is 9.12. The summed E-state index contributed by atoms with van der Waals surface area (Å²) in [7, 11) is 0. The number of carbonyl (C=O) groups is 1. The molecule has 0 aliphatic carbocycles. The molecule has 2 N–H and O–H groups in total. The molecule has 0 fully saturated rings. The van der Waals surface area contributed by atoms with Crippen LogP contribution in [-0.2, 0) is 6.54 Å². The Morgan fingerprint density at radius 2 is 2.05 bits per heavy atom. The summed E-state index contributed by atoms with van der Waals surface area (Å²) in [5.74, 6) is 0.0150. The van der Waals surface area contributed by atoms with Crippen molar-refractivity contribution < 1.29 is 4.79 Å². The maximum absolute atomic E-state index is 12.8. The summed E-state index contributed by atoms with van der Waals surface area (Å²) in [5, 5.41) is 0. The molecule has 2 aromatic rings. The smallest absolute Gasteiger partial charge is 0.256 e. The molecule has 0 saturated carbocycles. The van der Waals surface area contributed by atoms with E-state index in [1.807, 2.05) is 49.1 Å². The van der Waals surface area contributed by atoms with Crippen molar-refractivity contribution in [2.45, 2.75) is 26.4 Å². The van der Waals surface area contributed by atoms with Gasteiger partial charge in [-0.15, -0.1) is 11.3 Å². The quantitative estimate of drug-likeness (QED) is 0.699. The van der Waals surface area contributed by atoms with Gasteiger partial charge in [-0.25, -0.2) is 0 Å². The molecule has 2 rings (SSSR count). The molecule has 0 saturated heterocycles. The lowest BCUT2D eigenvalue weighted by Crippen LogP contribution is -2.36. The van der Waals surface area contributed by atoms with Gasteiger partial charge >= 0.3 is 0 Å². The van der Waals surface area contributed by atoms with Crippen LogP contribution >= 0.6 is 43.2 Å². The van der Waals surface area contributed by atoms with Gasteiger partial charge in [-0.3, -0.25) is 4.79 Å². The molecule has 0 aliphatic heterocycles. The van der Waals surface area contributed by atoms with E-state index in [0.29, 0.717) is 17.8 Å². The Labute approximate surface area is 145 Å². The fourth-order valence-corrected chi connectivity index (χ4v) is 4.80. The number of hydrogen-bond donors (Lipinski definition) is 1. The van der Waals surface area contributed by atoms with Gasteiger partial charge in [0.25, 0.3) is 5.91 Å². The molecule has 1 aromatic carbocycles. The Hall–Kier alpha value is -0.850. The molecule has 0 bridgehead atoms. The zero-order valence-corrected chi connectivity index (χ0v) is 15.8. The highest BCUT2D eigenvalue weighted by Gasteiger charge is 2.22. The third kappa shape index (κ3) is 4.08. The Morgan fingerprint density at radius 1 is 1.33 bits per heavy atom. The second kappa shape index (κ2) is 6.94. The third-order valence-electron chi connectivity index (χ3n) is 3.08. The normalized spacial score (nSPS) is 10.9. The Kier molecular flexibility index (Phi) is 5.46. The van der Waals surface area contributed by atoms with Crippen LogP contribution < -0.4 is 5.73 Å². The van der Waals surface area contributed by atoms with Crippen molar-refractivity contribution >= 4 is 54.8 Å². The summed E-state index contributed by atoms with van der Waals surface area (Å²) in [6.07, 6.45) is 0. The zero-order valence-electron chi connectivity index (χ0n) is 11.8. The molecule has 1 aromatic heterocycles. The van der Waals surface area contributed by atoms with Crippen molar-refractivity contribution in [3.05, 3.63) is 49.0 Å². The number of nitrogens with two attached hydrogens (primary N) is 1. The molecule has 1 heterocycles. The molecular formula is C15H16Br2N2OS. The number of thiophene rings is 1. The lowest BCUT2D eigenvalue weighted by molar-refractivity contribution is 0.0690. The maximum Gasteiger partial charge on any atom is 0.256 e. The highest BCUT2D eigenvalue weighted by Crippen LogP contribution is 2.33. The number of nitrogens with zero attached hydrogens (tertiary/aromatic N) is 1. The van der Waals surface area contributed by atoms with Crippen LogP contribution in [0.3, 0.4) is 0 Å². The van der Waals surface area contributed by atoms with Crippen molar-refractivity contribution in [1.82, 2.24) is 4.90 Å². The highest BCUT2D eigenvalue weighted by atomic mass is 79.9. The first-order valence-corrected chi connectivity index (χ1v) is 8.89. The molecule has 0 radical (unpaired) electrons. The Balaban J connectivity index is 2.27. The molecule has 0 unspecified atom stereocenters. The lowest BCUT2D eigenvalue weighted by atomic mass is 10.1. The number of anilines is 1. The number of amides is 1. The largest absolute Gasteiger partial charge is 0.399 e. The van der Waals surface area contributed by atoms with Crippen molar-refractivity contribution in [3.8, 4) is 0 Å². The van der Waals surface area contributed by atoms with E-state index in [4.69, 9.17) is 5.73 Å². The van der Waals surface area contributed by atoms with E-state index in [2.05, 4.69) is 31.9 Å². The van der Waals surface area contributed by atoms with E-state index in [1.54, 1.807) is 0 Å². The fraction of sp³-hybridized carbons (Fsp3) is 0.267. The van der Waals surface area contributed by atoms with Crippen LogP contribution in [-0.4, -0.2) is 16.8 Å². The second-order valence-corrected chi connectivity index (χ2v) is 8.76. The van der Waals surface area contributed by atoms with Gasteiger partial charge in [0.1, 0.15) is 0 Å². The standard InChI is InChI=1S/C15H16Br2N2OS/c1-9(2)19(8-10-4-3-5-11(18)6-10)15(20)12-7-13(16)21-14(12)17/h3-7,9H,8,18H2,1-2H3. The number of benzene rings is 1. The van der Waals surface area contributed by atoms with E-state index in [9.17, 15) is 4.79 Å². The van der Waals surface area contributed by atoms with Gasteiger partial charge in [0.05, 0.1) is 13.1 Å². The summed E-state index contributed by atoms with van der Waals surface area (Å²) >= 11 is 8.37. The van der Waals surface area contributed by atoms with E-state index >= 15 is 0 Å². The first-order chi connectivity index (χ1) is 9.88.